The molecule has 0 spiro atoms. The molecule has 0 aliphatic carbocycles. The van der Waals surface area contributed by atoms with E-state index >= 15 is 0 Å². The van der Waals surface area contributed by atoms with E-state index in [0.29, 0.717) is 6.04 Å². The average molecular weight is 288 g/mol. The molecule has 21 heavy (non-hydrogen) atoms. The van der Waals surface area contributed by atoms with Crippen LogP contribution in [-0.2, 0) is 0 Å². The molecule has 6 nitrogen and oxygen atoms in total. The maximum absolute atomic E-state index is 4.57. The van der Waals surface area contributed by atoms with Crippen LogP contribution in [0.2, 0.25) is 0 Å². The molecule has 0 aromatic carbocycles. The van der Waals surface area contributed by atoms with E-state index in [4.69, 9.17) is 0 Å². The van der Waals surface area contributed by atoms with Gasteiger partial charge in [-0.15, -0.1) is 10.2 Å². The molecule has 1 aliphatic heterocycles. The molecule has 0 bridgehead atoms. The summed E-state index contributed by atoms with van der Waals surface area (Å²) in [5.41, 5.74) is 0.984. The number of piperidine rings is 1. The Morgan fingerprint density at radius 3 is 3.00 bits per heavy atom. The van der Waals surface area contributed by atoms with Crippen LogP contribution in [0.5, 0.6) is 0 Å². The summed E-state index contributed by atoms with van der Waals surface area (Å²) < 4.78 is 1.94. The van der Waals surface area contributed by atoms with E-state index in [-0.39, 0.29) is 5.54 Å². The Labute approximate surface area is 125 Å². The molecule has 3 rings (SSSR count). The van der Waals surface area contributed by atoms with Gasteiger partial charge in [-0.2, -0.15) is 0 Å². The highest BCUT2D eigenvalue weighted by Crippen LogP contribution is 2.25. The zero-order chi connectivity index (χ0) is 14.9. The molecule has 1 atom stereocenters. The van der Waals surface area contributed by atoms with Crippen molar-refractivity contribution in [3.05, 3.63) is 18.7 Å². The highest BCUT2D eigenvalue weighted by molar-refractivity contribution is 5.63. The van der Waals surface area contributed by atoms with Gasteiger partial charge in [-0.25, -0.2) is 4.98 Å². The Kier molecular flexibility index (Phi) is 3.80. The van der Waals surface area contributed by atoms with E-state index in [1.165, 1.54) is 19.3 Å². The Bertz CT molecular complexity index is 599. The summed E-state index contributed by atoms with van der Waals surface area (Å²) in [7, 11) is 0. The lowest BCUT2D eigenvalue weighted by Gasteiger charge is -2.38. The van der Waals surface area contributed by atoms with Gasteiger partial charge in [-0.1, -0.05) is 0 Å². The molecule has 1 fully saturated rings. The topological polar surface area (TPSA) is 58.4 Å². The Morgan fingerprint density at radius 1 is 1.33 bits per heavy atom. The molecule has 1 unspecified atom stereocenters. The van der Waals surface area contributed by atoms with E-state index in [2.05, 4.69) is 46.2 Å². The lowest BCUT2D eigenvalue weighted by Crippen LogP contribution is -2.50. The lowest BCUT2D eigenvalue weighted by atomic mass is 10.0. The van der Waals surface area contributed by atoms with Gasteiger partial charge in [0.05, 0.1) is 0 Å². The smallest absolute Gasteiger partial charge is 0.203 e. The van der Waals surface area contributed by atoms with Gasteiger partial charge in [0.2, 0.25) is 5.65 Å². The molecular weight excluding hydrogens is 264 g/mol. The minimum absolute atomic E-state index is 0.136. The highest BCUT2D eigenvalue weighted by atomic mass is 15.3. The molecule has 1 aliphatic rings. The summed E-state index contributed by atoms with van der Waals surface area (Å²) in [6.45, 7) is 8.63. The van der Waals surface area contributed by atoms with Crippen molar-refractivity contribution in [3.8, 4) is 0 Å². The second-order valence-corrected chi connectivity index (χ2v) is 6.79. The fraction of sp³-hybridized carbons (Fsp3) is 0.667. The Morgan fingerprint density at radius 2 is 2.19 bits per heavy atom. The van der Waals surface area contributed by atoms with Gasteiger partial charge in [0.25, 0.3) is 0 Å². The van der Waals surface area contributed by atoms with Crippen molar-refractivity contribution in [3.63, 3.8) is 0 Å². The first-order chi connectivity index (χ1) is 10.0. The highest BCUT2D eigenvalue weighted by Gasteiger charge is 2.26. The second kappa shape index (κ2) is 5.60. The summed E-state index contributed by atoms with van der Waals surface area (Å²) >= 11 is 0. The van der Waals surface area contributed by atoms with Gasteiger partial charge in [0.1, 0.15) is 6.33 Å². The first kappa shape index (κ1) is 14.3. The predicted octanol–water partition coefficient (Wildman–Crippen LogP) is 1.87. The van der Waals surface area contributed by atoms with E-state index in [1.807, 2.05) is 16.8 Å². The first-order valence-corrected chi connectivity index (χ1v) is 7.71. The molecule has 6 heteroatoms. The summed E-state index contributed by atoms with van der Waals surface area (Å²) in [5, 5.41) is 11.8. The lowest BCUT2D eigenvalue weighted by molar-refractivity contribution is 0.365. The first-order valence-electron chi connectivity index (χ1n) is 7.71. The summed E-state index contributed by atoms with van der Waals surface area (Å²) in [5.74, 6) is 0.954. The van der Waals surface area contributed by atoms with Crippen LogP contribution in [-0.4, -0.2) is 44.3 Å². The maximum atomic E-state index is 4.57. The third-order valence-corrected chi connectivity index (χ3v) is 3.96. The zero-order valence-corrected chi connectivity index (χ0v) is 13.1. The summed E-state index contributed by atoms with van der Waals surface area (Å²) in [4.78, 5) is 6.97. The number of aromatic nitrogens is 4. The van der Waals surface area contributed by atoms with Crippen molar-refractivity contribution < 1.29 is 0 Å². The van der Waals surface area contributed by atoms with Crippen LogP contribution in [0.3, 0.4) is 0 Å². The molecular formula is C15H24N6. The van der Waals surface area contributed by atoms with Gasteiger partial charge in [-0.3, -0.25) is 4.40 Å². The molecule has 2 aromatic rings. The normalized spacial score (nSPS) is 20.1. The van der Waals surface area contributed by atoms with Gasteiger partial charge >= 0.3 is 0 Å². The Hall–Kier alpha value is -1.69. The van der Waals surface area contributed by atoms with Crippen LogP contribution in [0.4, 0.5) is 5.82 Å². The fourth-order valence-corrected chi connectivity index (χ4v) is 2.86. The second-order valence-electron chi connectivity index (χ2n) is 6.79. The van der Waals surface area contributed by atoms with Crippen molar-refractivity contribution >= 4 is 11.5 Å². The molecule has 3 heterocycles. The van der Waals surface area contributed by atoms with E-state index in [1.54, 1.807) is 6.33 Å². The predicted molar refractivity (Wildman–Crippen MR) is 83.5 cm³/mol. The number of rotatable bonds is 3. The minimum Gasteiger partial charge on any atom is -0.349 e. The van der Waals surface area contributed by atoms with Crippen molar-refractivity contribution in [2.75, 3.05) is 18.0 Å². The molecule has 0 saturated carbocycles. The van der Waals surface area contributed by atoms with E-state index in [9.17, 15) is 0 Å². The van der Waals surface area contributed by atoms with Crippen molar-refractivity contribution in [2.24, 2.45) is 0 Å². The summed E-state index contributed by atoms with van der Waals surface area (Å²) in [6.07, 6.45) is 9.14. The standard InChI is InChI=1S/C15H24N6/c1-15(2,3)17-10-12-6-4-5-8-21(12)13-14-19-18-11-20(14)9-7-16-13/h7,9,11-12,17H,4-6,8,10H2,1-3H3. The van der Waals surface area contributed by atoms with Crippen LogP contribution in [0, 0.1) is 0 Å². The Balaban J connectivity index is 1.85. The SMILES string of the molecule is CC(C)(C)NCC1CCCCN1c1nccn2cnnc12. The fourth-order valence-electron chi connectivity index (χ4n) is 2.86. The third-order valence-electron chi connectivity index (χ3n) is 3.96. The van der Waals surface area contributed by atoms with Crippen molar-refractivity contribution in [1.82, 2.24) is 24.9 Å². The number of hydrogen-bond acceptors (Lipinski definition) is 5. The largest absolute Gasteiger partial charge is 0.349 e. The zero-order valence-electron chi connectivity index (χ0n) is 13.1. The number of fused-ring (bicyclic) bond motifs is 1. The third kappa shape index (κ3) is 3.15. The van der Waals surface area contributed by atoms with Crippen molar-refractivity contribution in [1.29, 1.82) is 0 Å². The minimum atomic E-state index is 0.136. The number of nitrogens with zero attached hydrogens (tertiary/aromatic N) is 5. The van der Waals surface area contributed by atoms with Crippen molar-refractivity contribution in [2.45, 2.75) is 51.6 Å². The number of nitrogens with one attached hydrogen (secondary N) is 1. The van der Waals surface area contributed by atoms with Crippen LogP contribution < -0.4 is 10.2 Å². The van der Waals surface area contributed by atoms with Crippen LogP contribution in [0.15, 0.2) is 18.7 Å². The summed E-state index contributed by atoms with van der Waals surface area (Å²) in [6, 6.07) is 0.466. The molecule has 0 amide bonds. The van der Waals surface area contributed by atoms with Gasteiger partial charge in [-0.05, 0) is 40.0 Å². The molecule has 114 valence electrons. The molecule has 0 radical (unpaired) electrons. The molecule has 2 aromatic heterocycles. The van der Waals surface area contributed by atoms with Crippen LogP contribution in [0.1, 0.15) is 40.0 Å². The monoisotopic (exact) mass is 288 g/mol. The number of hydrogen-bond donors (Lipinski definition) is 1. The molecule has 1 N–H and O–H groups in total. The van der Waals surface area contributed by atoms with Gasteiger partial charge in [0.15, 0.2) is 5.82 Å². The van der Waals surface area contributed by atoms with Crippen LogP contribution >= 0.6 is 0 Å². The van der Waals surface area contributed by atoms with E-state index in [0.717, 1.165) is 24.6 Å². The maximum Gasteiger partial charge on any atom is 0.203 e. The van der Waals surface area contributed by atoms with E-state index < -0.39 is 0 Å². The van der Waals surface area contributed by atoms with Crippen LogP contribution in [0.25, 0.3) is 5.65 Å². The molecule has 1 saturated heterocycles. The average Bonchev–Trinajstić information content (AvgIpc) is 2.93. The quantitative estimate of drug-likeness (QED) is 0.934. The van der Waals surface area contributed by atoms with Gasteiger partial charge < -0.3 is 10.2 Å². The van der Waals surface area contributed by atoms with Gasteiger partial charge in [0, 0.05) is 37.1 Å². The number of anilines is 1.